The summed E-state index contributed by atoms with van der Waals surface area (Å²) in [6.07, 6.45) is 1.25. The predicted octanol–water partition coefficient (Wildman–Crippen LogP) is 3.12. The average Bonchev–Trinajstić information content (AvgIpc) is 3.14. The van der Waals surface area contributed by atoms with Crippen LogP contribution in [-0.2, 0) is 21.4 Å². The molecule has 27 heavy (non-hydrogen) atoms. The molecule has 1 fully saturated rings. The lowest BCUT2D eigenvalue weighted by Gasteiger charge is -2.28. The summed E-state index contributed by atoms with van der Waals surface area (Å²) < 4.78 is 27.5. The SMILES string of the molecule is Cc1ccc(S(=O)(=O)N2CCCC2C(=O)N(C)Cc2ccccc2C)cc1. The maximum Gasteiger partial charge on any atom is 0.243 e. The number of aryl methyl sites for hydroxylation is 2. The monoisotopic (exact) mass is 386 g/mol. The highest BCUT2D eigenvalue weighted by atomic mass is 32.2. The molecule has 2 aromatic rings. The molecular formula is C21H26N2O3S. The van der Waals surface area contributed by atoms with E-state index in [0.717, 1.165) is 16.7 Å². The van der Waals surface area contributed by atoms with E-state index in [1.54, 1.807) is 36.2 Å². The van der Waals surface area contributed by atoms with Gasteiger partial charge < -0.3 is 4.90 Å². The molecule has 0 bridgehead atoms. The van der Waals surface area contributed by atoms with Crippen LogP contribution in [0.3, 0.4) is 0 Å². The van der Waals surface area contributed by atoms with Gasteiger partial charge in [0.2, 0.25) is 15.9 Å². The summed E-state index contributed by atoms with van der Waals surface area (Å²) in [5.41, 5.74) is 3.19. The Labute approximate surface area is 161 Å². The minimum absolute atomic E-state index is 0.147. The zero-order valence-corrected chi connectivity index (χ0v) is 16.9. The number of sulfonamides is 1. The van der Waals surface area contributed by atoms with Gasteiger partial charge in [0.05, 0.1) is 4.90 Å². The van der Waals surface area contributed by atoms with Crippen LogP contribution in [0, 0.1) is 13.8 Å². The number of rotatable bonds is 5. The van der Waals surface area contributed by atoms with Gasteiger partial charge in [-0.05, 0) is 49.9 Å². The van der Waals surface area contributed by atoms with Gasteiger partial charge in [-0.25, -0.2) is 8.42 Å². The zero-order chi connectivity index (χ0) is 19.6. The van der Waals surface area contributed by atoms with Crippen molar-refractivity contribution in [1.29, 1.82) is 0 Å². The zero-order valence-electron chi connectivity index (χ0n) is 16.1. The number of carbonyl (C=O) groups is 1. The van der Waals surface area contributed by atoms with E-state index in [-0.39, 0.29) is 10.8 Å². The second-order valence-corrected chi connectivity index (χ2v) is 9.10. The van der Waals surface area contributed by atoms with Crippen LogP contribution in [0.25, 0.3) is 0 Å². The van der Waals surface area contributed by atoms with Crippen molar-refractivity contribution in [2.45, 2.75) is 44.2 Å². The maximum absolute atomic E-state index is 13.1. The Kier molecular flexibility index (Phi) is 5.67. The summed E-state index contributed by atoms with van der Waals surface area (Å²) in [5, 5.41) is 0. The maximum atomic E-state index is 13.1. The van der Waals surface area contributed by atoms with Crippen molar-refractivity contribution >= 4 is 15.9 Å². The average molecular weight is 387 g/mol. The molecule has 5 nitrogen and oxygen atoms in total. The van der Waals surface area contributed by atoms with Crippen molar-refractivity contribution < 1.29 is 13.2 Å². The van der Waals surface area contributed by atoms with Gasteiger partial charge in [0.1, 0.15) is 6.04 Å². The van der Waals surface area contributed by atoms with E-state index in [4.69, 9.17) is 0 Å². The lowest BCUT2D eigenvalue weighted by Crippen LogP contribution is -2.46. The number of nitrogens with zero attached hydrogens (tertiary/aromatic N) is 2. The molecule has 1 atom stereocenters. The third-order valence-electron chi connectivity index (χ3n) is 5.16. The molecule has 1 saturated heterocycles. The van der Waals surface area contributed by atoms with Crippen molar-refractivity contribution in [2.24, 2.45) is 0 Å². The first-order valence-corrected chi connectivity index (χ1v) is 10.6. The van der Waals surface area contributed by atoms with Crippen molar-refractivity contribution in [1.82, 2.24) is 9.21 Å². The molecule has 144 valence electrons. The number of amides is 1. The summed E-state index contributed by atoms with van der Waals surface area (Å²) in [4.78, 5) is 14.9. The van der Waals surface area contributed by atoms with Gasteiger partial charge in [0, 0.05) is 20.1 Å². The Morgan fingerprint density at radius 3 is 2.44 bits per heavy atom. The molecule has 0 aromatic heterocycles. The number of carbonyl (C=O) groups excluding carboxylic acids is 1. The summed E-state index contributed by atoms with van der Waals surface area (Å²) in [6.45, 7) is 4.78. The molecule has 1 heterocycles. The summed E-state index contributed by atoms with van der Waals surface area (Å²) in [5.74, 6) is -0.147. The number of hydrogen-bond acceptors (Lipinski definition) is 3. The van der Waals surface area contributed by atoms with Crippen molar-refractivity contribution in [2.75, 3.05) is 13.6 Å². The van der Waals surface area contributed by atoms with E-state index in [1.807, 2.05) is 38.1 Å². The van der Waals surface area contributed by atoms with Crippen molar-refractivity contribution in [3.8, 4) is 0 Å². The summed E-state index contributed by atoms with van der Waals surface area (Å²) in [6, 6.07) is 14.1. The van der Waals surface area contributed by atoms with Crippen LogP contribution >= 0.6 is 0 Å². The molecule has 0 aliphatic carbocycles. The van der Waals surface area contributed by atoms with Crippen LogP contribution in [0.4, 0.5) is 0 Å². The predicted molar refractivity (Wildman–Crippen MR) is 106 cm³/mol. The van der Waals surface area contributed by atoms with E-state index in [0.29, 0.717) is 25.9 Å². The minimum Gasteiger partial charge on any atom is -0.340 e. The van der Waals surface area contributed by atoms with E-state index in [9.17, 15) is 13.2 Å². The topological polar surface area (TPSA) is 57.7 Å². The van der Waals surface area contributed by atoms with Gasteiger partial charge in [-0.3, -0.25) is 4.79 Å². The highest BCUT2D eigenvalue weighted by Crippen LogP contribution is 2.27. The highest BCUT2D eigenvalue weighted by molar-refractivity contribution is 7.89. The van der Waals surface area contributed by atoms with Crippen molar-refractivity contribution in [3.05, 3.63) is 65.2 Å². The highest BCUT2D eigenvalue weighted by Gasteiger charge is 2.40. The molecule has 1 amide bonds. The lowest BCUT2D eigenvalue weighted by atomic mass is 10.1. The number of likely N-dealkylation sites (N-methyl/N-ethyl adjacent to an activating group) is 1. The van der Waals surface area contributed by atoms with Crippen LogP contribution in [0.2, 0.25) is 0 Å². The Morgan fingerprint density at radius 2 is 1.78 bits per heavy atom. The molecule has 0 saturated carbocycles. The number of benzene rings is 2. The summed E-state index contributed by atoms with van der Waals surface area (Å²) in [7, 11) is -1.94. The van der Waals surface area contributed by atoms with E-state index in [2.05, 4.69) is 0 Å². The Balaban J connectivity index is 1.80. The van der Waals surface area contributed by atoms with Gasteiger partial charge in [0.25, 0.3) is 0 Å². The first-order chi connectivity index (χ1) is 12.8. The molecule has 0 N–H and O–H groups in total. The van der Waals surface area contributed by atoms with Crippen LogP contribution in [0.5, 0.6) is 0 Å². The fourth-order valence-electron chi connectivity index (χ4n) is 3.50. The fourth-order valence-corrected chi connectivity index (χ4v) is 5.15. The first-order valence-electron chi connectivity index (χ1n) is 9.18. The quantitative estimate of drug-likeness (QED) is 0.793. The van der Waals surface area contributed by atoms with E-state index >= 15 is 0 Å². The Bertz CT molecular complexity index is 923. The van der Waals surface area contributed by atoms with Gasteiger partial charge in [-0.15, -0.1) is 0 Å². The van der Waals surface area contributed by atoms with Gasteiger partial charge in [0.15, 0.2) is 0 Å². The standard InChI is InChI=1S/C21H26N2O3S/c1-16-10-12-19(13-11-16)27(25,26)23-14-6-9-20(23)21(24)22(3)15-18-8-5-4-7-17(18)2/h4-5,7-8,10-13,20H,6,9,14-15H2,1-3H3. The third-order valence-corrected chi connectivity index (χ3v) is 7.08. The number of hydrogen-bond donors (Lipinski definition) is 0. The Hall–Kier alpha value is -2.18. The first kappa shape index (κ1) is 19.6. The smallest absolute Gasteiger partial charge is 0.243 e. The molecule has 1 unspecified atom stereocenters. The minimum atomic E-state index is -3.68. The van der Waals surface area contributed by atoms with Crippen LogP contribution in [0.15, 0.2) is 53.4 Å². The van der Waals surface area contributed by atoms with Crippen molar-refractivity contribution in [3.63, 3.8) is 0 Å². The molecule has 1 aliphatic rings. The lowest BCUT2D eigenvalue weighted by molar-refractivity contribution is -0.133. The van der Waals surface area contributed by atoms with E-state index in [1.165, 1.54) is 4.31 Å². The molecular weight excluding hydrogens is 360 g/mol. The molecule has 0 radical (unpaired) electrons. The molecule has 1 aliphatic heterocycles. The van der Waals surface area contributed by atoms with Crippen LogP contribution < -0.4 is 0 Å². The Morgan fingerprint density at radius 1 is 1.11 bits per heavy atom. The molecule has 2 aromatic carbocycles. The normalized spacial score (nSPS) is 17.8. The van der Waals surface area contributed by atoms with Crippen LogP contribution in [0.1, 0.15) is 29.5 Å². The largest absolute Gasteiger partial charge is 0.340 e. The molecule has 0 spiro atoms. The molecule has 3 rings (SSSR count). The van der Waals surface area contributed by atoms with Gasteiger partial charge in [-0.2, -0.15) is 4.31 Å². The van der Waals surface area contributed by atoms with Crippen LogP contribution in [-0.4, -0.2) is 43.2 Å². The van der Waals surface area contributed by atoms with Gasteiger partial charge >= 0.3 is 0 Å². The second kappa shape index (κ2) is 7.82. The van der Waals surface area contributed by atoms with Gasteiger partial charge in [-0.1, -0.05) is 42.0 Å². The second-order valence-electron chi connectivity index (χ2n) is 7.21. The fraction of sp³-hybridized carbons (Fsp3) is 0.381. The third kappa shape index (κ3) is 4.06. The van der Waals surface area contributed by atoms with E-state index < -0.39 is 16.1 Å². The summed E-state index contributed by atoms with van der Waals surface area (Å²) >= 11 is 0. The molecule has 6 heteroatoms.